The first-order valence-electron chi connectivity index (χ1n) is 7.79. The van der Waals surface area contributed by atoms with Gasteiger partial charge in [-0.2, -0.15) is 5.10 Å². The molecule has 0 aliphatic carbocycles. The van der Waals surface area contributed by atoms with Crippen molar-refractivity contribution in [2.75, 3.05) is 6.54 Å². The van der Waals surface area contributed by atoms with E-state index in [9.17, 15) is 4.79 Å². The number of nitrogens with zero attached hydrogens (tertiary/aromatic N) is 1. The lowest BCUT2D eigenvalue weighted by atomic mass is 10.2. The number of carbonyl (C=O) groups excluding carboxylic acids is 1. The van der Waals surface area contributed by atoms with E-state index in [1.165, 1.54) is 6.08 Å². The number of hydrogen-bond acceptors (Lipinski definition) is 4. The van der Waals surface area contributed by atoms with Crippen LogP contribution in [-0.4, -0.2) is 23.8 Å². The fourth-order valence-electron chi connectivity index (χ4n) is 1.87. The summed E-state index contributed by atoms with van der Waals surface area (Å²) in [5, 5.41) is 7.41. The van der Waals surface area contributed by atoms with Crippen LogP contribution in [0.5, 0.6) is 5.75 Å². The molecule has 0 spiro atoms. The van der Waals surface area contributed by atoms with Crippen molar-refractivity contribution in [1.82, 2.24) is 10.7 Å². The number of carbonyl (C=O) groups is 1. The number of esters is 1. The van der Waals surface area contributed by atoms with Gasteiger partial charge in [-0.1, -0.05) is 30.3 Å². The Balaban J connectivity index is 1.85. The van der Waals surface area contributed by atoms with Crippen molar-refractivity contribution in [3.8, 4) is 5.75 Å². The Labute approximate surface area is 152 Å². The first-order chi connectivity index (χ1) is 12.2. The third-order valence-electron chi connectivity index (χ3n) is 3.03. The minimum Gasteiger partial charge on any atom is -0.423 e. The standard InChI is InChI=1S/C19H19N3O2S/c1-2-20-19(25)22-21-14-16-8-11-17(12-9-16)24-18(23)13-10-15-6-4-3-5-7-15/h3-14H,2H2,1H3,(H2,20,22,25)/b13-10+,21-14-. The molecule has 0 radical (unpaired) electrons. The molecular weight excluding hydrogens is 334 g/mol. The molecule has 5 nitrogen and oxygen atoms in total. The van der Waals surface area contributed by atoms with Crippen LogP contribution in [-0.2, 0) is 4.79 Å². The van der Waals surface area contributed by atoms with Crippen LogP contribution in [0.3, 0.4) is 0 Å². The molecule has 25 heavy (non-hydrogen) atoms. The minimum absolute atomic E-state index is 0.428. The summed E-state index contributed by atoms with van der Waals surface area (Å²) in [5.41, 5.74) is 4.50. The van der Waals surface area contributed by atoms with Gasteiger partial charge in [0.2, 0.25) is 0 Å². The Hall–Kier alpha value is -2.99. The van der Waals surface area contributed by atoms with Crippen LogP contribution in [0.2, 0.25) is 0 Å². The number of rotatable bonds is 6. The normalized spacial score (nSPS) is 10.8. The zero-order valence-electron chi connectivity index (χ0n) is 13.8. The maximum Gasteiger partial charge on any atom is 0.336 e. The maximum atomic E-state index is 11.8. The van der Waals surface area contributed by atoms with Gasteiger partial charge in [0, 0.05) is 12.6 Å². The smallest absolute Gasteiger partial charge is 0.336 e. The highest BCUT2D eigenvalue weighted by molar-refractivity contribution is 7.80. The van der Waals surface area contributed by atoms with E-state index < -0.39 is 5.97 Å². The average Bonchev–Trinajstić information content (AvgIpc) is 2.63. The highest BCUT2D eigenvalue weighted by atomic mass is 32.1. The lowest BCUT2D eigenvalue weighted by Gasteiger charge is -2.03. The van der Waals surface area contributed by atoms with Crippen LogP contribution in [0.15, 0.2) is 65.8 Å². The van der Waals surface area contributed by atoms with Crippen LogP contribution < -0.4 is 15.5 Å². The Kier molecular flexibility index (Phi) is 7.34. The monoisotopic (exact) mass is 353 g/mol. The Morgan fingerprint density at radius 3 is 2.52 bits per heavy atom. The molecule has 0 heterocycles. The Morgan fingerprint density at radius 1 is 1.12 bits per heavy atom. The Morgan fingerprint density at radius 2 is 1.84 bits per heavy atom. The molecule has 0 amide bonds. The third kappa shape index (κ3) is 6.97. The summed E-state index contributed by atoms with van der Waals surface area (Å²) < 4.78 is 5.25. The zero-order chi connectivity index (χ0) is 17.9. The van der Waals surface area contributed by atoms with Gasteiger partial charge in [0.25, 0.3) is 0 Å². The predicted molar refractivity (Wildman–Crippen MR) is 105 cm³/mol. The molecule has 0 saturated carbocycles. The number of ether oxygens (including phenoxy) is 1. The molecule has 0 aliphatic heterocycles. The summed E-state index contributed by atoms with van der Waals surface area (Å²) in [6.07, 6.45) is 4.74. The highest BCUT2D eigenvalue weighted by Crippen LogP contribution is 2.12. The topological polar surface area (TPSA) is 62.7 Å². The summed E-state index contributed by atoms with van der Waals surface area (Å²) in [7, 11) is 0. The average molecular weight is 353 g/mol. The fraction of sp³-hybridized carbons (Fsp3) is 0.105. The quantitative estimate of drug-likeness (QED) is 0.209. The van der Waals surface area contributed by atoms with Crippen molar-refractivity contribution < 1.29 is 9.53 Å². The van der Waals surface area contributed by atoms with Gasteiger partial charge < -0.3 is 10.1 Å². The molecule has 2 aromatic carbocycles. The molecule has 6 heteroatoms. The van der Waals surface area contributed by atoms with Crippen molar-refractivity contribution in [2.45, 2.75) is 6.92 Å². The molecule has 128 valence electrons. The molecular formula is C19H19N3O2S. The van der Waals surface area contributed by atoms with Crippen molar-refractivity contribution in [1.29, 1.82) is 0 Å². The molecule has 0 bridgehead atoms. The number of benzene rings is 2. The van der Waals surface area contributed by atoms with E-state index >= 15 is 0 Å². The van der Waals surface area contributed by atoms with Crippen molar-refractivity contribution in [2.24, 2.45) is 5.10 Å². The number of nitrogens with one attached hydrogen (secondary N) is 2. The molecule has 0 fully saturated rings. The van der Waals surface area contributed by atoms with Crippen molar-refractivity contribution in [3.63, 3.8) is 0 Å². The fourth-order valence-corrected chi connectivity index (χ4v) is 2.06. The lowest BCUT2D eigenvalue weighted by Crippen LogP contribution is -2.31. The summed E-state index contributed by atoms with van der Waals surface area (Å²) in [6.45, 7) is 2.69. The summed E-state index contributed by atoms with van der Waals surface area (Å²) in [4.78, 5) is 11.8. The first-order valence-corrected chi connectivity index (χ1v) is 8.20. The van der Waals surface area contributed by atoms with Crippen LogP contribution in [0.1, 0.15) is 18.1 Å². The molecule has 0 unspecified atom stereocenters. The summed E-state index contributed by atoms with van der Waals surface area (Å²) >= 11 is 5.00. The number of hydrogen-bond donors (Lipinski definition) is 2. The van der Waals surface area contributed by atoms with E-state index in [1.807, 2.05) is 37.3 Å². The van der Waals surface area contributed by atoms with E-state index in [2.05, 4.69) is 15.8 Å². The van der Waals surface area contributed by atoms with Gasteiger partial charge in [0.1, 0.15) is 5.75 Å². The van der Waals surface area contributed by atoms with E-state index in [1.54, 1.807) is 36.6 Å². The molecule has 2 aromatic rings. The second kappa shape index (κ2) is 10.00. The molecule has 2 rings (SSSR count). The SMILES string of the molecule is CCNC(=S)N/N=C\c1ccc(OC(=O)/C=C/c2ccccc2)cc1. The molecule has 0 aromatic heterocycles. The second-order valence-electron chi connectivity index (χ2n) is 4.96. The maximum absolute atomic E-state index is 11.8. The van der Waals surface area contributed by atoms with Crippen LogP contribution in [0, 0.1) is 0 Å². The number of thiocarbonyl (C=S) groups is 1. The van der Waals surface area contributed by atoms with E-state index in [0.29, 0.717) is 10.9 Å². The van der Waals surface area contributed by atoms with Gasteiger partial charge in [0.15, 0.2) is 5.11 Å². The van der Waals surface area contributed by atoms with Gasteiger partial charge >= 0.3 is 5.97 Å². The predicted octanol–water partition coefficient (Wildman–Crippen LogP) is 3.12. The van der Waals surface area contributed by atoms with Gasteiger partial charge in [-0.3, -0.25) is 5.43 Å². The largest absolute Gasteiger partial charge is 0.423 e. The van der Waals surface area contributed by atoms with Gasteiger partial charge in [0.05, 0.1) is 6.21 Å². The van der Waals surface area contributed by atoms with Crippen LogP contribution in [0.4, 0.5) is 0 Å². The van der Waals surface area contributed by atoms with E-state index in [-0.39, 0.29) is 0 Å². The van der Waals surface area contributed by atoms with Gasteiger partial charge in [-0.15, -0.1) is 0 Å². The zero-order valence-corrected chi connectivity index (χ0v) is 14.6. The Bertz CT molecular complexity index is 756. The third-order valence-corrected chi connectivity index (χ3v) is 3.26. The van der Waals surface area contributed by atoms with E-state index in [0.717, 1.165) is 17.7 Å². The first kappa shape index (κ1) is 18.4. The summed E-state index contributed by atoms with van der Waals surface area (Å²) in [6, 6.07) is 16.6. The highest BCUT2D eigenvalue weighted by Gasteiger charge is 2.00. The molecule has 0 saturated heterocycles. The lowest BCUT2D eigenvalue weighted by molar-refractivity contribution is -0.128. The van der Waals surface area contributed by atoms with Gasteiger partial charge in [-0.05, 0) is 60.6 Å². The summed E-state index contributed by atoms with van der Waals surface area (Å²) in [5.74, 6) is 0.0407. The van der Waals surface area contributed by atoms with Crippen LogP contribution >= 0.6 is 12.2 Å². The van der Waals surface area contributed by atoms with Crippen LogP contribution in [0.25, 0.3) is 6.08 Å². The van der Waals surface area contributed by atoms with Gasteiger partial charge in [-0.25, -0.2) is 4.79 Å². The van der Waals surface area contributed by atoms with Crippen molar-refractivity contribution >= 4 is 35.6 Å². The second-order valence-corrected chi connectivity index (χ2v) is 5.37. The molecule has 0 atom stereocenters. The van der Waals surface area contributed by atoms with E-state index in [4.69, 9.17) is 17.0 Å². The molecule has 0 aliphatic rings. The minimum atomic E-state index is -0.428. The number of hydrazone groups is 1. The van der Waals surface area contributed by atoms with Crippen molar-refractivity contribution in [3.05, 3.63) is 71.8 Å². The molecule has 2 N–H and O–H groups in total.